The number of hydrogen-bond donors (Lipinski definition) is 1. The molecule has 0 aliphatic rings. The molecule has 1 aromatic heterocycles. The van der Waals surface area contributed by atoms with Gasteiger partial charge in [-0.15, -0.1) is 0 Å². The first-order valence-electron chi connectivity index (χ1n) is 6.00. The molecule has 0 amide bonds. The van der Waals surface area contributed by atoms with Gasteiger partial charge in [0.2, 0.25) is 5.95 Å². The van der Waals surface area contributed by atoms with Crippen molar-refractivity contribution in [2.45, 2.75) is 13.0 Å². The second-order valence-electron chi connectivity index (χ2n) is 4.05. The van der Waals surface area contributed by atoms with Crippen molar-refractivity contribution in [3.05, 3.63) is 42.2 Å². The Morgan fingerprint density at radius 2 is 1.84 bits per heavy atom. The standard InChI is InChI=1S/C14H17N3O2/c1-10(17-14-15-7-4-8-16-14)12-9-11(18-2)5-6-13(12)19-3/h4-10H,1-3H3,(H,15,16,17). The molecule has 5 nitrogen and oxygen atoms in total. The van der Waals surface area contributed by atoms with Crippen LogP contribution in [0.15, 0.2) is 36.7 Å². The van der Waals surface area contributed by atoms with Crippen molar-refractivity contribution in [3.8, 4) is 11.5 Å². The van der Waals surface area contributed by atoms with E-state index in [1.54, 1.807) is 32.7 Å². The van der Waals surface area contributed by atoms with Crippen LogP contribution in [0.4, 0.5) is 5.95 Å². The Balaban J connectivity index is 2.24. The van der Waals surface area contributed by atoms with Crippen molar-refractivity contribution in [1.82, 2.24) is 9.97 Å². The van der Waals surface area contributed by atoms with Gasteiger partial charge < -0.3 is 14.8 Å². The van der Waals surface area contributed by atoms with Crippen LogP contribution in [-0.4, -0.2) is 24.2 Å². The van der Waals surface area contributed by atoms with E-state index in [0.717, 1.165) is 17.1 Å². The maximum absolute atomic E-state index is 5.37. The van der Waals surface area contributed by atoms with Gasteiger partial charge in [0.25, 0.3) is 0 Å². The summed E-state index contributed by atoms with van der Waals surface area (Å²) in [6, 6.07) is 7.49. The monoisotopic (exact) mass is 259 g/mol. The van der Waals surface area contributed by atoms with Gasteiger partial charge in [-0.3, -0.25) is 0 Å². The molecule has 1 N–H and O–H groups in total. The Morgan fingerprint density at radius 3 is 2.47 bits per heavy atom. The Labute approximate surface area is 112 Å². The second kappa shape index (κ2) is 6.04. The molecule has 1 aromatic carbocycles. The first-order valence-corrected chi connectivity index (χ1v) is 6.00. The third-order valence-corrected chi connectivity index (χ3v) is 2.81. The van der Waals surface area contributed by atoms with Crippen molar-refractivity contribution in [3.63, 3.8) is 0 Å². The molecular formula is C14H17N3O2. The molecule has 0 saturated carbocycles. The Bertz CT molecular complexity index is 531. The lowest BCUT2D eigenvalue weighted by Crippen LogP contribution is -2.10. The van der Waals surface area contributed by atoms with E-state index in [4.69, 9.17) is 9.47 Å². The number of benzene rings is 1. The summed E-state index contributed by atoms with van der Waals surface area (Å²) < 4.78 is 10.6. The quantitative estimate of drug-likeness (QED) is 0.894. The molecule has 0 radical (unpaired) electrons. The van der Waals surface area contributed by atoms with Crippen LogP contribution in [0.5, 0.6) is 11.5 Å². The highest BCUT2D eigenvalue weighted by atomic mass is 16.5. The highest BCUT2D eigenvalue weighted by Gasteiger charge is 2.13. The van der Waals surface area contributed by atoms with Crippen molar-refractivity contribution in [2.24, 2.45) is 0 Å². The first kappa shape index (κ1) is 13.1. The number of methoxy groups -OCH3 is 2. The number of nitrogens with zero attached hydrogens (tertiary/aromatic N) is 2. The normalized spacial score (nSPS) is 11.7. The SMILES string of the molecule is COc1ccc(OC)c(C(C)Nc2ncccn2)c1. The summed E-state index contributed by atoms with van der Waals surface area (Å²) in [6.45, 7) is 2.02. The fraction of sp³-hybridized carbons (Fsp3) is 0.286. The molecule has 1 unspecified atom stereocenters. The summed E-state index contributed by atoms with van der Waals surface area (Å²) >= 11 is 0. The van der Waals surface area contributed by atoms with Crippen LogP contribution < -0.4 is 14.8 Å². The molecule has 2 rings (SSSR count). The molecule has 2 aromatic rings. The summed E-state index contributed by atoms with van der Waals surface area (Å²) in [4.78, 5) is 8.30. The first-order chi connectivity index (χ1) is 9.24. The van der Waals surface area contributed by atoms with E-state index < -0.39 is 0 Å². The number of ether oxygens (including phenoxy) is 2. The van der Waals surface area contributed by atoms with E-state index in [1.165, 1.54) is 0 Å². The van der Waals surface area contributed by atoms with Crippen LogP contribution in [0, 0.1) is 0 Å². The largest absolute Gasteiger partial charge is 0.497 e. The van der Waals surface area contributed by atoms with Crippen molar-refractivity contribution in [2.75, 3.05) is 19.5 Å². The highest BCUT2D eigenvalue weighted by Crippen LogP contribution is 2.30. The van der Waals surface area contributed by atoms with E-state index in [2.05, 4.69) is 15.3 Å². The third-order valence-electron chi connectivity index (χ3n) is 2.81. The van der Waals surface area contributed by atoms with Crippen LogP contribution in [0.3, 0.4) is 0 Å². The average Bonchev–Trinajstić information content (AvgIpc) is 2.47. The summed E-state index contributed by atoms with van der Waals surface area (Å²) in [5, 5.41) is 3.23. The lowest BCUT2D eigenvalue weighted by Gasteiger charge is -2.18. The molecule has 100 valence electrons. The fourth-order valence-electron chi connectivity index (χ4n) is 1.82. The minimum atomic E-state index is 0.00690. The molecule has 1 heterocycles. The van der Waals surface area contributed by atoms with E-state index in [9.17, 15) is 0 Å². The summed E-state index contributed by atoms with van der Waals surface area (Å²) in [7, 11) is 3.29. The van der Waals surface area contributed by atoms with E-state index in [0.29, 0.717) is 5.95 Å². The zero-order valence-electron chi connectivity index (χ0n) is 11.3. The molecule has 19 heavy (non-hydrogen) atoms. The summed E-state index contributed by atoms with van der Waals surface area (Å²) in [6.07, 6.45) is 3.40. The summed E-state index contributed by atoms with van der Waals surface area (Å²) in [5.41, 5.74) is 0.995. The van der Waals surface area contributed by atoms with Gasteiger partial charge in [0.1, 0.15) is 11.5 Å². The van der Waals surface area contributed by atoms with Crippen LogP contribution >= 0.6 is 0 Å². The smallest absolute Gasteiger partial charge is 0.223 e. The topological polar surface area (TPSA) is 56.3 Å². The average molecular weight is 259 g/mol. The maximum atomic E-state index is 5.37. The maximum Gasteiger partial charge on any atom is 0.223 e. The summed E-state index contributed by atoms with van der Waals surface area (Å²) in [5.74, 6) is 2.18. The van der Waals surface area contributed by atoms with E-state index >= 15 is 0 Å². The Morgan fingerprint density at radius 1 is 1.11 bits per heavy atom. The molecule has 0 bridgehead atoms. The van der Waals surface area contributed by atoms with Gasteiger partial charge >= 0.3 is 0 Å². The lowest BCUT2D eigenvalue weighted by molar-refractivity contribution is 0.397. The van der Waals surface area contributed by atoms with Crippen LogP contribution in [0.25, 0.3) is 0 Å². The predicted octanol–water partition coefficient (Wildman–Crippen LogP) is 2.67. The molecule has 0 saturated heterocycles. The van der Waals surface area contributed by atoms with Gasteiger partial charge in [0.05, 0.1) is 20.3 Å². The second-order valence-corrected chi connectivity index (χ2v) is 4.05. The zero-order chi connectivity index (χ0) is 13.7. The number of hydrogen-bond acceptors (Lipinski definition) is 5. The zero-order valence-corrected chi connectivity index (χ0v) is 11.3. The van der Waals surface area contributed by atoms with Gasteiger partial charge in [-0.05, 0) is 31.2 Å². The van der Waals surface area contributed by atoms with Crippen molar-refractivity contribution >= 4 is 5.95 Å². The van der Waals surface area contributed by atoms with E-state index in [-0.39, 0.29) is 6.04 Å². The van der Waals surface area contributed by atoms with Crippen molar-refractivity contribution < 1.29 is 9.47 Å². The van der Waals surface area contributed by atoms with Gasteiger partial charge in [0, 0.05) is 18.0 Å². The Hall–Kier alpha value is -2.30. The van der Waals surface area contributed by atoms with Gasteiger partial charge in [-0.1, -0.05) is 0 Å². The third kappa shape index (κ3) is 3.13. The number of aromatic nitrogens is 2. The molecule has 0 aliphatic carbocycles. The molecule has 0 aliphatic heterocycles. The molecule has 0 fully saturated rings. The molecule has 0 spiro atoms. The number of rotatable bonds is 5. The molecular weight excluding hydrogens is 242 g/mol. The highest BCUT2D eigenvalue weighted by molar-refractivity contribution is 5.44. The van der Waals surface area contributed by atoms with Gasteiger partial charge in [0.15, 0.2) is 0 Å². The Kier molecular flexibility index (Phi) is 4.18. The van der Waals surface area contributed by atoms with Crippen LogP contribution in [0.2, 0.25) is 0 Å². The molecule has 1 atom stereocenters. The van der Waals surface area contributed by atoms with Crippen molar-refractivity contribution in [1.29, 1.82) is 0 Å². The predicted molar refractivity (Wildman–Crippen MR) is 73.6 cm³/mol. The molecule has 5 heteroatoms. The van der Waals surface area contributed by atoms with Crippen LogP contribution in [0.1, 0.15) is 18.5 Å². The minimum absolute atomic E-state index is 0.00690. The number of anilines is 1. The number of nitrogens with one attached hydrogen (secondary N) is 1. The van der Waals surface area contributed by atoms with E-state index in [1.807, 2.05) is 25.1 Å². The van der Waals surface area contributed by atoms with Gasteiger partial charge in [-0.25, -0.2) is 9.97 Å². The lowest BCUT2D eigenvalue weighted by atomic mass is 10.1. The van der Waals surface area contributed by atoms with Gasteiger partial charge in [-0.2, -0.15) is 0 Å². The minimum Gasteiger partial charge on any atom is -0.497 e. The fourth-order valence-corrected chi connectivity index (χ4v) is 1.82. The van der Waals surface area contributed by atoms with Crippen LogP contribution in [-0.2, 0) is 0 Å².